The van der Waals surface area contributed by atoms with Crippen molar-refractivity contribution < 1.29 is 14.0 Å². The van der Waals surface area contributed by atoms with E-state index in [1.807, 2.05) is 0 Å². The third-order valence-electron chi connectivity index (χ3n) is 0.889. The fourth-order valence-corrected chi connectivity index (χ4v) is 0.528. The minimum Gasteiger partial charge on any atom is -0.419 e. The Labute approximate surface area is 61.1 Å². The number of carbonyl (C=O) groups excluding carboxylic acids is 2. The van der Waals surface area contributed by atoms with E-state index < -0.39 is 0 Å². The molecule has 0 aliphatic carbocycles. The van der Waals surface area contributed by atoms with Crippen LogP contribution in [0.4, 0.5) is 11.8 Å². The van der Waals surface area contributed by atoms with Crippen LogP contribution >= 0.6 is 0 Å². The highest BCUT2D eigenvalue weighted by molar-refractivity contribution is 5.48. The maximum Gasteiger partial charge on any atom is 0.243 e. The fourth-order valence-electron chi connectivity index (χ4n) is 0.528. The molecule has 0 unspecified atom stereocenters. The molecule has 0 aromatic carbocycles. The van der Waals surface area contributed by atoms with Gasteiger partial charge in [-0.1, -0.05) is 0 Å². The number of rotatable bonds is 2. The molecule has 0 spiro atoms. The number of furan rings is 1. The summed E-state index contributed by atoms with van der Waals surface area (Å²) in [5.74, 6) is 0.128. The number of nitrogens with zero attached hydrogens (tertiary/aromatic N) is 2. The first kappa shape index (κ1) is 7.15. The Kier molecular flexibility index (Phi) is 2.13. The zero-order valence-corrected chi connectivity index (χ0v) is 5.27. The molecule has 0 aliphatic rings. The first-order valence-corrected chi connectivity index (χ1v) is 2.62. The van der Waals surface area contributed by atoms with Crippen molar-refractivity contribution in [1.82, 2.24) is 0 Å². The smallest absolute Gasteiger partial charge is 0.243 e. The van der Waals surface area contributed by atoms with Gasteiger partial charge in [-0.2, -0.15) is 0 Å². The predicted octanol–water partition coefficient (Wildman–Crippen LogP) is 1.21. The summed E-state index contributed by atoms with van der Waals surface area (Å²) in [5.41, 5.74) is 0. The zero-order chi connectivity index (χ0) is 8.10. The van der Waals surface area contributed by atoms with E-state index in [1.165, 1.54) is 24.3 Å². The van der Waals surface area contributed by atoms with Gasteiger partial charge in [0, 0.05) is 12.1 Å². The highest BCUT2D eigenvalue weighted by Gasteiger charge is 1.96. The highest BCUT2D eigenvalue weighted by Crippen LogP contribution is 2.21. The first-order chi connectivity index (χ1) is 5.36. The lowest BCUT2D eigenvalue weighted by molar-refractivity contribution is 0.552. The summed E-state index contributed by atoms with van der Waals surface area (Å²) in [6.45, 7) is 0. The van der Waals surface area contributed by atoms with Gasteiger partial charge in [-0.25, -0.2) is 9.59 Å². The van der Waals surface area contributed by atoms with E-state index >= 15 is 0 Å². The molecule has 0 aliphatic heterocycles. The van der Waals surface area contributed by atoms with Crippen LogP contribution in [0.2, 0.25) is 0 Å². The van der Waals surface area contributed by atoms with E-state index in [0.29, 0.717) is 0 Å². The third-order valence-corrected chi connectivity index (χ3v) is 0.889. The molecule has 0 saturated heterocycles. The molecule has 1 aromatic rings. The Balaban J connectivity index is 2.98. The number of isocyanates is 2. The molecule has 1 rings (SSSR count). The van der Waals surface area contributed by atoms with Gasteiger partial charge in [-0.3, -0.25) is 0 Å². The largest absolute Gasteiger partial charge is 0.419 e. The number of hydrogen-bond donors (Lipinski definition) is 0. The van der Waals surface area contributed by atoms with Gasteiger partial charge in [-0.15, -0.1) is 9.98 Å². The quantitative estimate of drug-likeness (QED) is 0.469. The molecule has 0 N–H and O–H groups in total. The molecule has 0 radical (unpaired) electrons. The summed E-state index contributed by atoms with van der Waals surface area (Å²) in [7, 11) is 0. The van der Waals surface area contributed by atoms with Crippen LogP contribution in [-0.2, 0) is 9.59 Å². The van der Waals surface area contributed by atoms with Crippen LogP contribution in [0.5, 0.6) is 0 Å². The van der Waals surface area contributed by atoms with Crippen molar-refractivity contribution in [3.63, 3.8) is 0 Å². The lowest BCUT2D eigenvalue weighted by Crippen LogP contribution is -1.51. The van der Waals surface area contributed by atoms with E-state index in [0.717, 1.165) is 0 Å². The van der Waals surface area contributed by atoms with Crippen molar-refractivity contribution in [2.75, 3.05) is 0 Å². The Morgan fingerprint density at radius 1 is 1.09 bits per heavy atom. The second-order valence-corrected chi connectivity index (χ2v) is 1.52. The van der Waals surface area contributed by atoms with Crippen LogP contribution in [-0.4, -0.2) is 12.2 Å². The summed E-state index contributed by atoms with van der Waals surface area (Å²) < 4.78 is 4.71. The van der Waals surface area contributed by atoms with Gasteiger partial charge in [0.1, 0.15) is 0 Å². The normalized spacial score (nSPS) is 8.00. The maximum absolute atomic E-state index is 9.68. The van der Waals surface area contributed by atoms with Gasteiger partial charge in [0.15, 0.2) is 0 Å². The van der Waals surface area contributed by atoms with Crippen molar-refractivity contribution in [1.29, 1.82) is 0 Å². The number of hydrogen-bond acceptors (Lipinski definition) is 5. The van der Waals surface area contributed by atoms with Crippen molar-refractivity contribution in [2.45, 2.75) is 0 Å². The van der Waals surface area contributed by atoms with E-state index in [1.54, 1.807) is 0 Å². The molecular formula is C6H2N2O3. The van der Waals surface area contributed by atoms with Gasteiger partial charge in [0.25, 0.3) is 0 Å². The van der Waals surface area contributed by atoms with Crippen LogP contribution in [0.15, 0.2) is 26.5 Å². The summed E-state index contributed by atoms with van der Waals surface area (Å²) in [5, 5.41) is 0. The Hall–Kier alpha value is -1.96. The van der Waals surface area contributed by atoms with Crippen molar-refractivity contribution >= 4 is 23.9 Å². The summed E-state index contributed by atoms with van der Waals surface area (Å²) in [6, 6.07) is 2.78. The van der Waals surface area contributed by atoms with E-state index in [2.05, 4.69) is 9.98 Å². The minimum atomic E-state index is 0.0639. The molecule has 0 saturated carbocycles. The summed E-state index contributed by atoms with van der Waals surface area (Å²) in [4.78, 5) is 25.7. The molecule has 0 amide bonds. The average molecular weight is 150 g/mol. The number of aliphatic imine (C=N–C) groups is 2. The van der Waals surface area contributed by atoms with Crippen molar-refractivity contribution in [3.8, 4) is 0 Å². The molecule has 1 heterocycles. The molecule has 11 heavy (non-hydrogen) atoms. The lowest BCUT2D eigenvalue weighted by Gasteiger charge is -1.76. The zero-order valence-electron chi connectivity index (χ0n) is 5.27. The molecule has 0 atom stereocenters. The molecular weight excluding hydrogens is 148 g/mol. The van der Waals surface area contributed by atoms with Crippen LogP contribution in [0.1, 0.15) is 0 Å². The van der Waals surface area contributed by atoms with E-state index in [9.17, 15) is 9.59 Å². The molecule has 1 aromatic heterocycles. The van der Waals surface area contributed by atoms with Crippen LogP contribution < -0.4 is 0 Å². The third kappa shape index (κ3) is 1.72. The van der Waals surface area contributed by atoms with E-state index in [4.69, 9.17) is 4.42 Å². The first-order valence-electron chi connectivity index (χ1n) is 2.62. The maximum atomic E-state index is 9.68. The van der Waals surface area contributed by atoms with E-state index in [-0.39, 0.29) is 11.8 Å². The molecule has 0 fully saturated rings. The molecule has 5 heteroatoms. The van der Waals surface area contributed by atoms with Gasteiger partial charge in [-0.05, 0) is 0 Å². The van der Waals surface area contributed by atoms with Crippen molar-refractivity contribution in [3.05, 3.63) is 12.1 Å². The minimum absolute atomic E-state index is 0.0639. The van der Waals surface area contributed by atoms with Crippen LogP contribution in [0, 0.1) is 0 Å². The summed E-state index contributed by atoms with van der Waals surface area (Å²) in [6.07, 6.45) is 2.56. The second kappa shape index (κ2) is 3.27. The summed E-state index contributed by atoms with van der Waals surface area (Å²) >= 11 is 0. The Morgan fingerprint density at radius 3 is 1.91 bits per heavy atom. The van der Waals surface area contributed by atoms with Crippen LogP contribution in [0.3, 0.4) is 0 Å². The average Bonchev–Trinajstić information content (AvgIpc) is 2.38. The second-order valence-electron chi connectivity index (χ2n) is 1.52. The molecule has 5 nitrogen and oxygen atoms in total. The Morgan fingerprint density at radius 2 is 1.55 bits per heavy atom. The predicted molar refractivity (Wildman–Crippen MR) is 34.3 cm³/mol. The molecule has 0 bridgehead atoms. The van der Waals surface area contributed by atoms with Gasteiger partial charge in [0.2, 0.25) is 23.9 Å². The van der Waals surface area contributed by atoms with Crippen LogP contribution in [0.25, 0.3) is 0 Å². The highest BCUT2D eigenvalue weighted by atomic mass is 16.4. The SMILES string of the molecule is O=C=Nc1ccc(N=C=O)o1. The topological polar surface area (TPSA) is 72.0 Å². The standard InChI is InChI=1S/C6H2N2O3/c9-3-7-5-1-2-6(11-5)8-4-10/h1-2H. The van der Waals surface area contributed by atoms with Gasteiger partial charge >= 0.3 is 0 Å². The molecule has 54 valence electrons. The van der Waals surface area contributed by atoms with Crippen molar-refractivity contribution in [2.24, 2.45) is 9.98 Å². The van der Waals surface area contributed by atoms with Gasteiger partial charge in [0.05, 0.1) is 0 Å². The lowest BCUT2D eigenvalue weighted by atomic mass is 10.6. The Bertz CT molecular complexity index is 310. The monoisotopic (exact) mass is 150 g/mol. The van der Waals surface area contributed by atoms with Gasteiger partial charge < -0.3 is 4.42 Å². The fraction of sp³-hybridized carbons (Fsp3) is 0.